The summed E-state index contributed by atoms with van der Waals surface area (Å²) in [5.74, 6) is -0.932. The second-order valence-electron chi connectivity index (χ2n) is 7.76. The van der Waals surface area contributed by atoms with Gasteiger partial charge in [0.05, 0.1) is 18.3 Å². The van der Waals surface area contributed by atoms with E-state index in [4.69, 9.17) is 5.11 Å². The van der Waals surface area contributed by atoms with Crippen molar-refractivity contribution in [3.8, 4) is 0 Å². The smallest absolute Gasteiger partial charge is 0.303 e. The zero-order valence-corrected chi connectivity index (χ0v) is 16.7. The Labute approximate surface area is 163 Å². The van der Waals surface area contributed by atoms with Gasteiger partial charge in [-0.25, -0.2) is 0 Å². The van der Waals surface area contributed by atoms with Crippen LogP contribution in [0.3, 0.4) is 0 Å². The summed E-state index contributed by atoms with van der Waals surface area (Å²) in [5.41, 5.74) is 0. The zero-order chi connectivity index (χ0) is 20.1. The molecule has 1 rings (SSSR count). The zero-order valence-electron chi connectivity index (χ0n) is 16.7. The molecule has 0 spiro atoms. The fourth-order valence-corrected chi connectivity index (χ4v) is 3.75. The van der Waals surface area contributed by atoms with Crippen LogP contribution in [0, 0.1) is 11.8 Å². The molecule has 27 heavy (non-hydrogen) atoms. The van der Waals surface area contributed by atoms with Crippen molar-refractivity contribution in [2.75, 3.05) is 0 Å². The molecule has 1 saturated carbocycles. The second-order valence-corrected chi connectivity index (χ2v) is 7.76. The maximum Gasteiger partial charge on any atom is 0.303 e. The Bertz CT molecular complexity index is 460. The molecule has 0 aromatic rings. The van der Waals surface area contributed by atoms with Gasteiger partial charge in [0.25, 0.3) is 0 Å². The molecule has 0 heterocycles. The average Bonchev–Trinajstić information content (AvgIpc) is 2.88. The Morgan fingerprint density at radius 3 is 2.56 bits per heavy atom. The third-order valence-electron chi connectivity index (χ3n) is 5.41. The summed E-state index contributed by atoms with van der Waals surface area (Å²) in [5, 5.41) is 39.2. The van der Waals surface area contributed by atoms with Crippen LogP contribution < -0.4 is 0 Å². The monoisotopic (exact) mass is 382 g/mol. The van der Waals surface area contributed by atoms with Crippen molar-refractivity contribution < 1.29 is 25.2 Å². The van der Waals surface area contributed by atoms with Gasteiger partial charge in [-0.2, -0.15) is 0 Å². The van der Waals surface area contributed by atoms with Gasteiger partial charge in [-0.3, -0.25) is 4.79 Å². The van der Waals surface area contributed by atoms with Gasteiger partial charge in [-0.15, -0.1) is 0 Å². The third-order valence-corrected chi connectivity index (χ3v) is 5.41. The van der Waals surface area contributed by atoms with Crippen molar-refractivity contribution in [1.29, 1.82) is 0 Å². The lowest BCUT2D eigenvalue weighted by Crippen LogP contribution is -2.20. The van der Waals surface area contributed by atoms with Crippen LogP contribution >= 0.6 is 0 Å². The summed E-state index contributed by atoms with van der Waals surface area (Å²) in [6.07, 6.45) is 14.9. The summed E-state index contributed by atoms with van der Waals surface area (Å²) in [7, 11) is 0. The number of carboxylic acids is 1. The molecule has 0 aliphatic heterocycles. The van der Waals surface area contributed by atoms with Gasteiger partial charge in [0.1, 0.15) is 0 Å². The molecule has 5 nitrogen and oxygen atoms in total. The molecule has 5 atom stereocenters. The summed E-state index contributed by atoms with van der Waals surface area (Å²) < 4.78 is 0. The Morgan fingerprint density at radius 1 is 1.07 bits per heavy atom. The minimum Gasteiger partial charge on any atom is -0.481 e. The average molecular weight is 383 g/mol. The third kappa shape index (κ3) is 10.1. The quantitative estimate of drug-likeness (QED) is 0.270. The van der Waals surface area contributed by atoms with Gasteiger partial charge in [0, 0.05) is 18.8 Å². The molecular weight excluding hydrogens is 344 g/mol. The predicted molar refractivity (Wildman–Crippen MR) is 107 cm³/mol. The first-order valence-corrected chi connectivity index (χ1v) is 10.5. The van der Waals surface area contributed by atoms with E-state index < -0.39 is 24.3 Å². The topological polar surface area (TPSA) is 98.0 Å². The first kappa shape index (κ1) is 23.9. The summed E-state index contributed by atoms with van der Waals surface area (Å²) >= 11 is 0. The Hall–Kier alpha value is -1.17. The fourth-order valence-electron chi connectivity index (χ4n) is 3.75. The molecule has 0 aromatic heterocycles. The molecule has 1 aliphatic rings. The van der Waals surface area contributed by atoms with Gasteiger partial charge < -0.3 is 20.4 Å². The summed E-state index contributed by atoms with van der Waals surface area (Å²) in [4.78, 5) is 10.5. The Balaban J connectivity index is 2.39. The minimum atomic E-state index is -0.783. The molecule has 0 bridgehead atoms. The van der Waals surface area contributed by atoms with E-state index in [0.29, 0.717) is 19.3 Å². The van der Waals surface area contributed by atoms with Crippen LogP contribution in [0.2, 0.25) is 0 Å². The SMILES string of the molecule is CCCCC/C=C\C[C@H]1[C@@H](/C=C/[C@H](O)CCCCCC(=O)O)[C@H](O)C[C@@H]1O. The number of aliphatic hydroxyl groups excluding tert-OH is 3. The molecule has 0 radical (unpaired) electrons. The Kier molecular flexibility index (Phi) is 12.3. The molecule has 5 heteroatoms. The lowest BCUT2D eigenvalue weighted by Gasteiger charge is -2.19. The van der Waals surface area contributed by atoms with Crippen LogP contribution in [0.5, 0.6) is 0 Å². The summed E-state index contributed by atoms with van der Waals surface area (Å²) in [6.45, 7) is 2.18. The van der Waals surface area contributed by atoms with Gasteiger partial charge in [0.2, 0.25) is 0 Å². The van der Waals surface area contributed by atoms with Crippen molar-refractivity contribution >= 4 is 5.97 Å². The highest BCUT2D eigenvalue weighted by Gasteiger charge is 2.39. The van der Waals surface area contributed by atoms with Crippen molar-refractivity contribution in [3.63, 3.8) is 0 Å². The van der Waals surface area contributed by atoms with Crippen molar-refractivity contribution in [2.45, 2.75) is 95.9 Å². The predicted octanol–water partition coefficient (Wildman–Crippen LogP) is 3.82. The molecule has 0 unspecified atom stereocenters. The number of unbranched alkanes of at least 4 members (excludes halogenated alkanes) is 5. The Morgan fingerprint density at radius 2 is 1.85 bits per heavy atom. The van der Waals surface area contributed by atoms with E-state index in [-0.39, 0.29) is 18.3 Å². The highest BCUT2D eigenvalue weighted by Crippen LogP contribution is 2.36. The lowest BCUT2D eigenvalue weighted by atomic mass is 9.89. The van der Waals surface area contributed by atoms with Crippen LogP contribution in [0.4, 0.5) is 0 Å². The highest BCUT2D eigenvalue weighted by molar-refractivity contribution is 5.66. The number of carboxylic acid groups (broad SMARTS) is 1. The highest BCUT2D eigenvalue weighted by atomic mass is 16.4. The van der Waals surface area contributed by atoms with Crippen molar-refractivity contribution in [3.05, 3.63) is 24.3 Å². The number of hydrogen-bond donors (Lipinski definition) is 4. The lowest BCUT2D eigenvalue weighted by molar-refractivity contribution is -0.137. The molecule has 1 aliphatic carbocycles. The fraction of sp³-hybridized carbons (Fsp3) is 0.773. The van der Waals surface area contributed by atoms with E-state index in [9.17, 15) is 20.1 Å². The standard InChI is InChI=1S/C22H38O5/c1-2-3-4-5-6-9-12-18-19(21(25)16-20(18)24)15-14-17(23)11-8-7-10-13-22(26)27/h6,9,14-15,17-21,23-25H,2-5,7-8,10-13,16H2,1H3,(H,26,27)/b9-6-,15-14+/t17-,18+,19-,20+,21-/m1/s1. The van der Waals surface area contributed by atoms with Crippen molar-refractivity contribution in [1.82, 2.24) is 0 Å². The van der Waals surface area contributed by atoms with E-state index in [0.717, 1.165) is 25.7 Å². The van der Waals surface area contributed by atoms with Gasteiger partial charge >= 0.3 is 5.97 Å². The number of hydrogen-bond acceptors (Lipinski definition) is 4. The number of aliphatic hydroxyl groups is 3. The van der Waals surface area contributed by atoms with Crippen molar-refractivity contribution in [2.24, 2.45) is 11.8 Å². The van der Waals surface area contributed by atoms with E-state index in [1.54, 1.807) is 6.08 Å². The van der Waals surface area contributed by atoms with Crippen LogP contribution in [-0.4, -0.2) is 44.7 Å². The molecule has 0 aromatic carbocycles. The van der Waals surface area contributed by atoms with E-state index >= 15 is 0 Å². The van der Waals surface area contributed by atoms with E-state index in [2.05, 4.69) is 19.1 Å². The van der Waals surface area contributed by atoms with Crippen LogP contribution in [-0.2, 0) is 4.79 Å². The minimum absolute atomic E-state index is 0.0126. The van der Waals surface area contributed by atoms with E-state index in [1.165, 1.54) is 19.3 Å². The number of rotatable bonds is 14. The largest absolute Gasteiger partial charge is 0.481 e. The molecule has 1 fully saturated rings. The molecule has 156 valence electrons. The maximum absolute atomic E-state index is 10.5. The number of allylic oxidation sites excluding steroid dienone is 2. The maximum atomic E-state index is 10.5. The van der Waals surface area contributed by atoms with Crippen LogP contribution in [0.1, 0.15) is 77.6 Å². The second kappa shape index (κ2) is 13.9. The van der Waals surface area contributed by atoms with Crippen LogP contribution in [0.25, 0.3) is 0 Å². The van der Waals surface area contributed by atoms with E-state index in [1.807, 2.05) is 6.08 Å². The first-order valence-electron chi connectivity index (χ1n) is 10.5. The molecule has 0 saturated heterocycles. The first-order chi connectivity index (χ1) is 13.0. The normalized spacial score (nSPS) is 27.0. The number of carbonyl (C=O) groups is 1. The molecule has 4 N–H and O–H groups in total. The van der Waals surface area contributed by atoms with Gasteiger partial charge in [-0.05, 0) is 38.0 Å². The molecular formula is C22H38O5. The number of aliphatic carboxylic acids is 1. The van der Waals surface area contributed by atoms with Crippen LogP contribution in [0.15, 0.2) is 24.3 Å². The van der Waals surface area contributed by atoms with Gasteiger partial charge in [0.15, 0.2) is 0 Å². The van der Waals surface area contributed by atoms with Gasteiger partial charge in [-0.1, -0.05) is 56.9 Å². The summed E-state index contributed by atoms with van der Waals surface area (Å²) in [6, 6.07) is 0. The molecule has 0 amide bonds.